The van der Waals surface area contributed by atoms with Gasteiger partial charge in [-0.1, -0.05) is 12.1 Å². The van der Waals surface area contributed by atoms with Crippen LogP contribution < -0.4 is 5.32 Å². The van der Waals surface area contributed by atoms with Gasteiger partial charge in [0.15, 0.2) is 5.76 Å². The van der Waals surface area contributed by atoms with Crippen LogP contribution in [0.2, 0.25) is 0 Å². The van der Waals surface area contributed by atoms with E-state index in [0.29, 0.717) is 18.1 Å². The molecule has 0 aliphatic heterocycles. The van der Waals surface area contributed by atoms with Gasteiger partial charge in [-0.3, -0.25) is 9.48 Å². The molecule has 0 bridgehead atoms. The first-order valence-electron chi connectivity index (χ1n) is 8.79. The number of furan rings is 1. The minimum Gasteiger partial charge on any atom is -0.454 e. The number of benzene rings is 1. The van der Waals surface area contributed by atoms with Crippen molar-refractivity contribution in [3.05, 3.63) is 96.5 Å². The molecule has 6 heteroatoms. The Labute approximate surface area is 157 Å². The quantitative estimate of drug-likeness (QED) is 0.569. The van der Waals surface area contributed by atoms with E-state index >= 15 is 0 Å². The zero-order valence-corrected chi connectivity index (χ0v) is 14.9. The first kappa shape index (κ1) is 16.9. The monoisotopic (exact) mass is 360 g/mol. The highest BCUT2D eigenvalue weighted by Crippen LogP contribution is 2.17. The summed E-state index contributed by atoms with van der Waals surface area (Å²) in [5.74, 6) is 0.754. The van der Waals surface area contributed by atoms with Crippen molar-refractivity contribution in [2.45, 2.75) is 19.5 Å². The molecule has 0 radical (unpaired) electrons. The Bertz CT molecular complexity index is 999. The minimum absolute atomic E-state index is 0.129. The van der Waals surface area contributed by atoms with Gasteiger partial charge in [-0.15, -0.1) is 0 Å². The molecular weight excluding hydrogens is 340 g/mol. The third-order valence-electron chi connectivity index (χ3n) is 4.41. The number of carbonyl (C=O) groups is 1. The summed E-state index contributed by atoms with van der Waals surface area (Å²) in [7, 11) is 0. The molecule has 1 unspecified atom stereocenters. The largest absolute Gasteiger partial charge is 0.454 e. The summed E-state index contributed by atoms with van der Waals surface area (Å²) in [6, 6.07) is 17.3. The predicted molar refractivity (Wildman–Crippen MR) is 102 cm³/mol. The summed E-state index contributed by atoms with van der Waals surface area (Å²) >= 11 is 0. The van der Waals surface area contributed by atoms with Crippen LogP contribution in [0, 0.1) is 0 Å². The van der Waals surface area contributed by atoms with E-state index < -0.39 is 0 Å². The predicted octanol–water partition coefficient (Wildman–Crippen LogP) is 3.81. The van der Waals surface area contributed by atoms with Crippen LogP contribution in [0.5, 0.6) is 0 Å². The molecular formula is C21H20N4O2. The van der Waals surface area contributed by atoms with Gasteiger partial charge in [0.2, 0.25) is 0 Å². The molecule has 4 rings (SSSR count). The van der Waals surface area contributed by atoms with E-state index in [4.69, 9.17) is 4.42 Å². The molecule has 3 aromatic heterocycles. The first-order valence-corrected chi connectivity index (χ1v) is 8.79. The molecule has 27 heavy (non-hydrogen) atoms. The number of nitrogens with zero attached hydrogens (tertiary/aromatic N) is 3. The number of hydrogen-bond acceptors (Lipinski definition) is 3. The maximum absolute atomic E-state index is 12.5. The molecule has 1 N–H and O–H groups in total. The van der Waals surface area contributed by atoms with Gasteiger partial charge in [-0.2, -0.15) is 5.10 Å². The van der Waals surface area contributed by atoms with E-state index in [1.54, 1.807) is 23.0 Å². The van der Waals surface area contributed by atoms with Gasteiger partial charge in [-0.05, 0) is 55.0 Å². The Morgan fingerprint density at radius 1 is 1.07 bits per heavy atom. The van der Waals surface area contributed by atoms with Crippen LogP contribution in [0.25, 0.3) is 5.69 Å². The fourth-order valence-electron chi connectivity index (χ4n) is 2.93. The van der Waals surface area contributed by atoms with Gasteiger partial charge in [0, 0.05) is 30.5 Å². The zero-order chi connectivity index (χ0) is 18.6. The average molecular weight is 360 g/mol. The van der Waals surface area contributed by atoms with Gasteiger partial charge in [0.1, 0.15) is 5.76 Å². The van der Waals surface area contributed by atoms with Gasteiger partial charge in [-0.25, -0.2) is 0 Å². The number of nitrogens with one attached hydrogen (secondary N) is 1. The molecule has 0 spiro atoms. The SMILES string of the molecule is CC(NC(=O)c1ccc(Cn2cccn2)o1)c1ccc(-n2cccc2)cc1. The maximum atomic E-state index is 12.5. The summed E-state index contributed by atoms with van der Waals surface area (Å²) in [5, 5.41) is 7.11. The normalized spacial score (nSPS) is 12.0. The van der Waals surface area contributed by atoms with Gasteiger partial charge < -0.3 is 14.3 Å². The van der Waals surface area contributed by atoms with Crippen LogP contribution >= 0.6 is 0 Å². The van der Waals surface area contributed by atoms with E-state index in [1.165, 1.54) is 0 Å². The van der Waals surface area contributed by atoms with Crippen molar-refractivity contribution in [1.29, 1.82) is 0 Å². The molecule has 3 heterocycles. The van der Waals surface area contributed by atoms with Crippen molar-refractivity contribution in [2.24, 2.45) is 0 Å². The lowest BCUT2D eigenvalue weighted by Gasteiger charge is -2.14. The van der Waals surface area contributed by atoms with E-state index in [-0.39, 0.29) is 11.9 Å². The highest BCUT2D eigenvalue weighted by Gasteiger charge is 2.15. The Kier molecular flexibility index (Phi) is 4.61. The highest BCUT2D eigenvalue weighted by molar-refractivity contribution is 5.91. The molecule has 1 atom stereocenters. The summed E-state index contributed by atoms with van der Waals surface area (Å²) in [4.78, 5) is 12.5. The molecule has 0 aliphatic carbocycles. The summed E-state index contributed by atoms with van der Waals surface area (Å²) < 4.78 is 9.43. The summed E-state index contributed by atoms with van der Waals surface area (Å²) in [5.41, 5.74) is 2.11. The number of amides is 1. The first-order chi connectivity index (χ1) is 13.2. The van der Waals surface area contributed by atoms with Crippen LogP contribution in [-0.4, -0.2) is 20.3 Å². The van der Waals surface area contributed by atoms with Crippen molar-refractivity contribution in [3.63, 3.8) is 0 Å². The topological polar surface area (TPSA) is 65.0 Å². The maximum Gasteiger partial charge on any atom is 0.287 e. The van der Waals surface area contributed by atoms with Crippen molar-refractivity contribution in [3.8, 4) is 5.69 Å². The molecule has 6 nitrogen and oxygen atoms in total. The Hall–Kier alpha value is -3.54. The van der Waals surface area contributed by atoms with E-state index in [9.17, 15) is 4.79 Å². The van der Waals surface area contributed by atoms with Crippen LogP contribution in [-0.2, 0) is 6.54 Å². The standard InChI is InChI=1S/C21H20N4O2/c1-16(17-5-7-18(8-6-17)24-12-2-3-13-24)23-21(26)20-10-9-19(27-20)15-25-14-4-11-22-25/h2-14,16H,15H2,1H3,(H,23,26). The number of aromatic nitrogens is 3. The van der Waals surface area contributed by atoms with Crippen LogP contribution in [0.15, 0.2) is 83.8 Å². The minimum atomic E-state index is -0.233. The van der Waals surface area contributed by atoms with Crippen LogP contribution in [0.1, 0.15) is 34.8 Å². The molecule has 0 saturated heterocycles. The van der Waals surface area contributed by atoms with Gasteiger partial charge in [0.25, 0.3) is 5.91 Å². The molecule has 4 aromatic rings. The van der Waals surface area contributed by atoms with Gasteiger partial charge in [0.05, 0.1) is 12.6 Å². The molecule has 0 aliphatic rings. The van der Waals surface area contributed by atoms with E-state index in [2.05, 4.69) is 10.4 Å². The third kappa shape index (κ3) is 3.84. The fraction of sp³-hybridized carbons (Fsp3) is 0.143. The summed E-state index contributed by atoms with van der Waals surface area (Å²) in [6.07, 6.45) is 7.55. The molecule has 0 saturated carbocycles. The fourth-order valence-corrected chi connectivity index (χ4v) is 2.93. The Morgan fingerprint density at radius 2 is 1.85 bits per heavy atom. The lowest BCUT2D eigenvalue weighted by molar-refractivity contribution is 0.0909. The smallest absolute Gasteiger partial charge is 0.287 e. The van der Waals surface area contributed by atoms with Crippen molar-refractivity contribution in [1.82, 2.24) is 19.7 Å². The van der Waals surface area contributed by atoms with Gasteiger partial charge >= 0.3 is 0 Å². The van der Waals surface area contributed by atoms with Crippen molar-refractivity contribution in [2.75, 3.05) is 0 Å². The van der Waals surface area contributed by atoms with Crippen LogP contribution in [0.4, 0.5) is 0 Å². The summed E-state index contributed by atoms with van der Waals surface area (Å²) in [6.45, 7) is 2.45. The molecule has 0 fully saturated rings. The Balaban J connectivity index is 1.39. The van der Waals surface area contributed by atoms with Crippen molar-refractivity contribution >= 4 is 5.91 Å². The second-order valence-electron chi connectivity index (χ2n) is 6.35. The lowest BCUT2D eigenvalue weighted by Crippen LogP contribution is -2.26. The second kappa shape index (κ2) is 7.37. The van der Waals surface area contributed by atoms with Crippen molar-refractivity contribution < 1.29 is 9.21 Å². The second-order valence-corrected chi connectivity index (χ2v) is 6.35. The highest BCUT2D eigenvalue weighted by atomic mass is 16.4. The van der Waals surface area contributed by atoms with E-state index in [0.717, 1.165) is 11.3 Å². The number of carbonyl (C=O) groups excluding carboxylic acids is 1. The average Bonchev–Trinajstić information content (AvgIpc) is 3.45. The molecule has 136 valence electrons. The number of hydrogen-bond donors (Lipinski definition) is 1. The number of rotatable bonds is 6. The zero-order valence-electron chi connectivity index (χ0n) is 14.9. The lowest BCUT2D eigenvalue weighted by atomic mass is 10.1. The Morgan fingerprint density at radius 3 is 2.56 bits per heavy atom. The molecule has 1 aromatic carbocycles. The third-order valence-corrected chi connectivity index (χ3v) is 4.41. The molecule has 1 amide bonds. The van der Waals surface area contributed by atoms with E-state index in [1.807, 2.05) is 72.5 Å². The van der Waals surface area contributed by atoms with Crippen LogP contribution in [0.3, 0.4) is 0 Å².